The number of rotatable bonds is 6. The molecular formula is C24H20N4O3. The number of aryl methyl sites for hydroxylation is 1. The van der Waals surface area contributed by atoms with Gasteiger partial charge in [0, 0.05) is 46.9 Å². The summed E-state index contributed by atoms with van der Waals surface area (Å²) in [4.78, 5) is 22.6. The highest BCUT2D eigenvalue weighted by molar-refractivity contribution is 6.00. The van der Waals surface area contributed by atoms with Crippen LogP contribution in [0.2, 0.25) is 0 Å². The molecule has 4 rings (SSSR count). The summed E-state index contributed by atoms with van der Waals surface area (Å²) in [5, 5.41) is 16.0. The van der Waals surface area contributed by atoms with Crippen molar-refractivity contribution >= 4 is 28.7 Å². The fourth-order valence-electron chi connectivity index (χ4n) is 3.38. The van der Waals surface area contributed by atoms with Gasteiger partial charge in [0.25, 0.3) is 11.6 Å². The lowest BCUT2D eigenvalue weighted by molar-refractivity contribution is -0.384. The van der Waals surface area contributed by atoms with Gasteiger partial charge in [-0.25, -0.2) is 5.43 Å². The first-order chi connectivity index (χ1) is 15.0. The molecule has 0 aliphatic carbocycles. The Morgan fingerprint density at radius 1 is 1.10 bits per heavy atom. The zero-order valence-corrected chi connectivity index (χ0v) is 16.9. The summed E-state index contributed by atoms with van der Waals surface area (Å²) in [6.45, 7) is 2.78. The molecule has 0 unspecified atom stereocenters. The molecule has 7 heteroatoms. The van der Waals surface area contributed by atoms with Crippen LogP contribution in [0.25, 0.3) is 10.9 Å². The molecule has 0 aliphatic heterocycles. The zero-order chi connectivity index (χ0) is 21.8. The minimum absolute atomic E-state index is 0.143. The molecule has 31 heavy (non-hydrogen) atoms. The van der Waals surface area contributed by atoms with E-state index in [4.69, 9.17) is 0 Å². The van der Waals surface area contributed by atoms with Gasteiger partial charge < -0.3 is 4.57 Å². The predicted octanol–water partition coefficient (Wildman–Crippen LogP) is 4.67. The van der Waals surface area contributed by atoms with Gasteiger partial charge in [0.1, 0.15) is 0 Å². The van der Waals surface area contributed by atoms with Crippen molar-refractivity contribution in [1.82, 2.24) is 9.99 Å². The Hall–Kier alpha value is -4.26. The highest BCUT2D eigenvalue weighted by atomic mass is 16.6. The minimum atomic E-state index is -0.539. The van der Waals surface area contributed by atoms with E-state index in [1.807, 2.05) is 30.5 Å². The lowest BCUT2D eigenvalue weighted by Gasteiger charge is -2.06. The number of carbonyl (C=O) groups is 1. The minimum Gasteiger partial charge on any atom is -0.342 e. The van der Waals surface area contributed by atoms with Crippen molar-refractivity contribution in [2.24, 2.45) is 5.10 Å². The second-order valence-electron chi connectivity index (χ2n) is 7.22. The first-order valence-corrected chi connectivity index (χ1v) is 9.72. The zero-order valence-electron chi connectivity index (χ0n) is 16.9. The topological polar surface area (TPSA) is 89.5 Å². The number of nitro benzene ring substituents is 1. The average molecular weight is 412 g/mol. The predicted molar refractivity (Wildman–Crippen MR) is 120 cm³/mol. The standard InChI is InChI=1S/C24H20N4O3/c1-17-9-11-18(12-10-17)15-27-16-20(22-7-2-3-8-23(22)27)14-25-26-24(29)19-5-4-6-21(13-19)28(30)31/h2-14,16H,15H2,1H3,(H,26,29)/b25-14+. The molecule has 0 atom stereocenters. The number of para-hydroxylation sites is 1. The summed E-state index contributed by atoms with van der Waals surface area (Å²) in [6, 6.07) is 21.9. The number of benzene rings is 3. The maximum atomic E-state index is 12.3. The maximum Gasteiger partial charge on any atom is 0.271 e. The summed E-state index contributed by atoms with van der Waals surface area (Å²) >= 11 is 0. The third kappa shape index (κ3) is 4.51. The van der Waals surface area contributed by atoms with Crippen LogP contribution in [0.5, 0.6) is 0 Å². The number of nitrogens with zero attached hydrogens (tertiary/aromatic N) is 3. The molecule has 0 saturated heterocycles. The van der Waals surface area contributed by atoms with Gasteiger partial charge in [-0.05, 0) is 24.6 Å². The van der Waals surface area contributed by atoms with E-state index in [0.717, 1.165) is 16.5 Å². The van der Waals surface area contributed by atoms with Gasteiger partial charge in [-0.1, -0.05) is 54.1 Å². The quantitative estimate of drug-likeness (QED) is 0.283. The molecule has 3 aromatic carbocycles. The largest absolute Gasteiger partial charge is 0.342 e. The molecule has 154 valence electrons. The first kappa shape index (κ1) is 20.0. The van der Waals surface area contributed by atoms with Crippen molar-refractivity contribution in [1.29, 1.82) is 0 Å². The molecule has 0 spiro atoms. The van der Waals surface area contributed by atoms with Crippen LogP contribution in [-0.2, 0) is 6.54 Å². The summed E-state index contributed by atoms with van der Waals surface area (Å²) in [5.74, 6) is -0.511. The lowest BCUT2D eigenvalue weighted by Crippen LogP contribution is -2.17. The van der Waals surface area contributed by atoms with Crippen molar-refractivity contribution in [2.45, 2.75) is 13.5 Å². The number of hydrogen-bond donors (Lipinski definition) is 1. The fraction of sp³-hybridized carbons (Fsp3) is 0.0833. The third-order valence-electron chi connectivity index (χ3n) is 4.98. The number of aromatic nitrogens is 1. The monoisotopic (exact) mass is 412 g/mol. The van der Waals surface area contributed by atoms with Gasteiger partial charge in [0.15, 0.2) is 0 Å². The Kier molecular flexibility index (Phi) is 5.57. The molecule has 0 saturated carbocycles. The number of amides is 1. The molecule has 1 aromatic heterocycles. The molecule has 1 heterocycles. The number of carbonyl (C=O) groups excluding carboxylic acids is 1. The Balaban J connectivity index is 1.55. The fourth-order valence-corrected chi connectivity index (χ4v) is 3.38. The molecule has 4 aromatic rings. The van der Waals surface area contributed by atoms with Crippen LogP contribution in [0.4, 0.5) is 5.69 Å². The van der Waals surface area contributed by atoms with Crippen LogP contribution in [0, 0.1) is 17.0 Å². The Morgan fingerprint density at radius 2 is 1.87 bits per heavy atom. The van der Waals surface area contributed by atoms with E-state index in [1.165, 1.54) is 35.4 Å². The van der Waals surface area contributed by atoms with Gasteiger partial charge >= 0.3 is 0 Å². The van der Waals surface area contributed by atoms with Crippen molar-refractivity contribution in [2.75, 3.05) is 0 Å². The molecule has 0 aliphatic rings. The molecular weight excluding hydrogens is 392 g/mol. The van der Waals surface area contributed by atoms with E-state index in [0.29, 0.717) is 6.54 Å². The van der Waals surface area contributed by atoms with Gasteiger partial charge in [-0.2, -0.15) is 5.10 Å². The Labute approximate surface area is 178 Å². The van der Waals surface area contributed by atoms with Crippen LogP contribution < -0.4 is 5.43 Å². The van der Waals surface area contributed by atoms with Gasteiger partial charge in [0.2, 0.25) is 0 Å². The third-order valence-corrected chi connectivity index (χ3v) is 4.98. The molecule has 0 fully saturated rings. The summed E-state index contributed by atoms with van der Waals surface area (Å²) < 4.78 is 2.14. The second-order valence-corrected chi connectivity index (χ2v) is 7.22. The van der Waals surface area contributed by atoms with Crippen LogP contribution in [0.15, 0.2) is 84.1 Å². The number of fused-ring (bicyclic) bond motifs is 1. The van der Waals surface area contributed by atoms with Crippen molar-refractivity contribution in [3.63, 3.8) is 0 Å². The summed E-state index contributed by atoms with van der Waals surface area (Å²) in [5.41, 5.74) is 6.81. The lowest BCUT2D eigenvalue weighted by atomic mass is 10.1. The molecule has 0 bridgehead atoms. The van der Waals surface area contributed by atoms with Crippen molar-refractivity contribution < 1.29 is 9.72 Å². The number of hydrogen-bond acceptors (Lipinski definition) is 4. The first-order valence-electron chi connectivity index (χ1n) is 9.72. The van der Waals surface area contributed by atoms with E-state index in [1.54, 1.807) is 6.21 Å². The van der Waals surface area contributed by atoms with Gasteiger partial charge in [0.05, 0.1) is 11.1 Å². The van der Waals surface area contributed by atoms with Crippen LogP contribution in [0.1, 0.15) is 27.0 Å². The molecule has 0 radical (unpaired) electrons. The van der Waals surface area contributed by atoms with E-state index >= 15 is 0 Å². The van der Waals surface area contributed by atoms with E-state index in [9.17, 15) is 14.9 Å². The highest BCUT2D eigenvalue weighted by Gasteiger charge is 2.11. The van der Waals surface area contributed by atoms with Crippen LogP contribution >= 0.6 is 0 Å². The van der Waals surface area contributed by atoms with Crippen molar-refractivity contribution in [3.05, 3.63) is 111 Å². The van der Waals surface area contributed by atoms with Crippen LogP contribution in [0.3, 0.4) is 0 Å². The van der Waals surface area contributed by atoms with Gasteiger partial charge in [-0.3, -0.25) is 14.9 Å². The average Bonchev–Trinajstić information content (AvgIpc) is 3.13. The highest BCUT2D eigenvalue weighted by Crippen LogP contribution is 2.21. The van der Waals surface area contributed by atoms with Crippen LogP contribution in [-0.4, -0.2) is 21.6 Å². The van der Waals surface area contributed by atoms with Crippen molar-refractivity contribution in [3.8, 4) is 0 Å². The number of nitrogens with one attached hydrogen (secondary N) is 1. The number of non-ortho nitro benzene ring substituents is 1. The molecule has 1 N–H and O–H groups in total. The SMILES string of the molecule is Cc1ccc(Cn2cc(/C=N/NC(=O)c3cccc([N+](=O)[O-])c3)c3ccccc32)cc1. The van der Waals surface area contributed by atoms with Gasteiger partial charge in [-0.15, -0.1) is 0 Å². The second kappa shape index (κ2) is 8.62. The normalized spacial score (nSPS) is 11.1. The van der Waals surface area contributed by atoms with E-state index < -0.39 is 10.8 Å². The maximum absolute atomic E-state index is 12.3. The van der Waals surface area contributed by atoms with E-state index in [-0.39, 0.29) is 11.3 Å². The molecule has 1 amide bonds. The number of hydrazone groups is 1. The summed E-state index contributed by atoms with van der Waals surface area (Å²) in [6.07, 6.45) is 3.58. The Bertz CT molecular complexity index is 1290. The number of nitro groups is 1. The van der Waals surface area contributed by atoms with E-state index in [2.05, 4.69) is 46.3 Å². The Morgan fingerprint density at radius 3 is 2.65 bits per heavy atom. The smallest absolute Gasteiger partial charge is 0.271 e. The molecule has 7 nitrogen and oxygen atoms in total. The summed E-state index contributed by atoms with van der Waals surface area (Å²) in [7, 11) is 0.